The molecule has 2 aromatic rings. The van der Waals surface area contributed by atoms with Gasteiger partial charge in [-0.25, -0.2) is 9.97 Å². The van der Waals surface area contributed by atoms with Crippen molar-refractivity contribution in [2.24, 2.45) is 0 Å². The van der Waals surface area contributed by atoms with E-state index in [0.29, 0.717) is 17.6 Å². The molecule has 0 saturated heterocycles. The van der Waals surface area contributed by atoms with Gasteiger partial charge in [0.2, 0.25) is 11.8 Å². The second-order valence-electron chi connectivity index (χ2n) is 5.60. The third-order valence-electron chi connectivity index (χ3n) is 3.69. The van der Waals surface area contributed by atoms with Crippen LogP contribution in [-0.2, 0) is 4.79 Å². The van der Waals surface area contributed by atoms with Crippen molar-refractivity contribution in [3.05, 3.63) is 24.2 Å². The van der Waals surface area contributed by atoms with Gasteiger partial charge >= 0.3 is 0 Å². The summed E-state index contributed by atoms with van der Waals surface area (Å²) in [6.45, 7) is 4.06. The fourth-order valence-electron chi connectivity index (χ4n) is 2.09. The van der Waals surface area contributed by atoms with Gasteiger partial charge in [-0.1, -0.05) is 6.92 Å². The van der Waals surface area contributed by atoms with E-state index in [1.807, 2.05) is 13.1 Å². The van der Waals surface area contributed by atoms with Crippen LogP contribution in [0.15, 0.2) is 18.6 Å². The first kappa shape index (κ1) is 14.6. The highest BCUT2D eigenvalue weighted by atomic mass is 16.5. The van der Waals surface area contributed by atoms with E-state index >= 15 is 0 Å². The highest BCUT2D eigenvalue weighted by molar-refractivity contribution is 5.97. The normalized spacial score (nSPS) is 16.1. The third-order valence-corrected chi connectivity index (χ3v) is 3.69. The zero-order valence-electron chi connectivity index (χ0n) is 12.8. The van der Waals surface area contributed by atoms with E-state index in [4.69, 9.17) is 4.74 Å². The van der Waals surface area contributed by atoms with Gasteiger partial charge in [-0.05, 0) is 32.3 Å². The average molecular weight is 300 g/mol. The molecule has 0 radical (unpaired) electrons. The van der Waals surface area contributed by atoms with Crippen LogP contribution in [0, 0.1) is 0 Å². The van der Waals surface area contributed by atoms with Crippen molar-refractivity contribution in [1.82, 2.24) is 20.3 Å². The van der Waals surface area contributed by atoms with E-state index < -0.39 is 0 Å². The molecule has 0 aliphatic heterocycles. The van der Waals surface area contributed by atoms with E-state index in [9.17, 15) is 4.79 Å². The molecule has 0 spiro atoms. The Morgan fingerprint density at radius 2 is 2.36 bits per heavy atom. The highest BCUT2D eigenvalue weighted by Gasteiger charge is 2.22. The predicted octanol–water partition coefficient (Wildman–Crippen LogP) is 2.43. The molecule has 0 aromatic carbocycles. The summed E-state index contributed by atoms with van der Waals surface area (Å²) in [5.41, 5.74) is 1.55. The van der Waals surface area contributed by atoms with Crippen LogP contribution in [0.3, 0.4) is 0 Å². The molecular weight excluding hydrogens is 280 g/mol. The van der Waals surface area contributed by atoms with E-state index in [1.165, 1.54) is 6.33 Å². The number of ether oxygens (including phenoxy) is 1. The maximum absolute atomic E-state index is 11.8. The molecule has 1 unspecified atom stereocenters. The minimum Gasteiger partial charge on any atom is -0.474 e. The van der Waals surface area contributed by atoms with Crippen molar-refractivity contribution in [2.75, 3.05) is 0 Å². The van der Waals surface area contributed by atoms with Crippen LogP contribution in [0.2, 0.25) is 0 Å². The summed E-state index contributed by atoms with van der Waals surface area (Å²) in [5, 5.41) is 3.73. The number of H-pyrrole nitrogens is 1. The summed E-state index contributed by atoms with van der Waals surface area (Å²) < 4.78 is 5.85. The second kappa shape index (κ2) is 6.17. The van der Waals surface area contributed by atoms with Crippen LogP contribution in [0.25, 0.3) is 17.1 Å². The van der Waals surface area contributed by atoms with Gasteiger partial charge in [0.1, 0.15) is 12.0 Å². The number of aromatic amines is 1. The Balaban J connectivity index is 1.85. The monoisotopic (exact) mass is 300 g/mol. The summed E-state index contributed by atoms with van der Waals surface area (Å²) in [7, 11) is 0. The number of amides is 1. The summed E-state index contributed by atoms with van der Waals surface area (Å²) in [5.74, 6) is 0.473. The van der Waals surface area contributed by atoms with Crippen LogP contribution >= 0.6 is 0 Å². The zero-order chi connectivity index (χ0) is 15.5. The Labute approximate surface area is 129 Å². The molecule has 2 aromatic heterocycles. The van der Waals surface area contributed by atoms with Gasteiger partial charge in [-0.2, -0.15) is 0 Å². The number of hydrogen-bond donors (Lipinski definition) is 2. The molecule has 1 amide bonds. The van der Waals surface area contributed by atoms with Crippen molar-refractivity contribution < 1.29 is 9.53 Å². The number of fused-ring (bicyclic) bond motifs is 1. The van der Waals surface area contributed by atoms with Crippen molar-refractivity contribution in [2.45, 2.75) is 45.3 Å². The molecule has 1 atom stereocenters. The first-order chi connectivity index (χ1) is 10.7. The molecule has 1 aliphatic carbocycles. The van der Waals surface area contributed by atoms with Crippen molar-refractivity contribution in [3.63, 3.8) is 0 Å². The molecule has 0 bridgehead atoms. The largest absolute Gasteiger partial charge is 0.474 e. The van der Waals surface area contributed by atoms with E-state index in [2.05, 4.69) is 27.2 Å². The Morgan fingerprint density at radius 1 is 1.55 bits per heavy atom. The molecule has 116 valence electrons. The van der Waals surface area contributed by atoms with Crippen molar-refractivity contribution >= 4 is 23.0 Å². The number of carbonyl (C=O) groups excluding carboxylic acids is 1. The van der Waals surface area contributed by atoms with Gasteiger partial charge in [0.05, 0.1) is 11.5 Å². The summed E-state index contributed by atoms with van der Waals surface area (Å²) in [6, 6.07) is 0.354. The summed E-state index contributed by atoms with van der Waals surface area (Å²) >= 11 is 0. The molecule has 3 rings (SSSR count). The number of nitrogens with zero attached hydrogens (tertiary/aromatic N) is 2. The molecule has 1 fully saturated rings. The van der Waals surface area contributed by atoms with Gasteiger partial charge < -0.3 is 15.0 Å². The maximum Gasteiger partial charge on any atom is 0.244 e. The Hall–Kier alpha value is -2.37. The van der Waals surface area contributed by atoms with E-state index in [0.717, 1.165) is 30.2 Å². The number of nitrogens with one attached hydrogen (secondary N) is 2. The zero-order valence-corrected chi connectivity index (χ0v) is 12.8. The standard InChI is InChI=1S/C16H20N4O2/c1-3-10(2)22-16-14-11(8-17-15(14)18-9-19-16)4-7-13(21)20-12-5-6-12/h4,7-10,12H,3,5-6H2,1-2H3,(H,20,21)(H,17,18,19)/b7-4+. The minimum atomic E-state index is -0.0712. The number of carbonyl (C=O) groups is 1. The van der Waals surface area contributed by atoms with Crippen molar-refractivity contribution in [1.29, 1.82) is 0 Å². The van der Waals surface area contributed by atoms with Gasteiger partial charge in [-0.15, -0.1) is 0 Å². The first-order valence-electron chi connectivity index (χ1n) is 7.64. The van der Waals surface area contributed by atoms with Gasteiger partial charge in [-0.3, -0.25) is 4.79 Å². The molecule has 2 heterocycles. The molecule has 1 saturated carbocycles. The lowest BCUT2D eigenvalue weighted by Crippen LogP contribution is -2.22. The molecule has 22 heavy (non-hydrogen) atoms. The number of rotatable bonds is 6. The third kappa shape index (κ3) is 3.27. The fraction of sp³-hybridized carbons (Fsp3) is 0.438. The SMILES string of the molecule is CCC(C)Oc1ncnc2[nH]cc(/C=C/C(=O)NC3CC3)c12. The lowest BCUT2D eigenvalue weighted by molar-refractivity contribution is -0.116. The lowest BCUT2D eigenvalue weighted by Gasteiger charge is -2.12. The second-order valence-corrected chi connectivity index (χ2v) is 5.60. The highest BCUT2D eigenvalue weighted by Crippen LogP contribution is 2.27. The molecule has 2 N–H and O–H groups in total. The minimum absolute atomic E-state index is 0.0712. The van der Waals surface area contributed by atoms with Crippen LogP contribution < -0.4 is 10.1 Å². The van der Waals surface area contributed by atoms with Crippen LogP contribution in [0.4, 0.5) is 0 Å². The van der Waals surface area contributed by atoms with Crippen LogP contribution in [-0.4, -0.2) is 33.0 Å². The summed E-state index contributed by atoms with van der Waals surface area (Å²) in [4.78, 5) is 23.3. The smallest absolute Gasteiger partial charge is 0.244 e. The molecule has 6 heteroatoms. The van der Waals surface area contributed by atoms with Crippen LogP contribution in [0.1, 0.15) is 38.7 Å². The van der Waals surface area contributed by atoms with Crippen LogP contribution in [0.5, 0.6) is 5.88 Å². The maximum atomic E-state index is 11.8. The molecule has 1 aliphatic rings. The quantitative estimate of drug-likeness (QED) is 0.803. The Kier molecular flexibility index (Phi) is 4.09. The fourth-order valence-corrected chi connectivity index (χ4v) is 2.09. The molecule has 6 nitrogen and oxygen atoms in total. The van der Waals surface area contributed by atoms with Gasteiger partial charge in [0.25, 0.3) is 0 Å². The topological polar surface area (TPSA) is 79.9 Å². The Morgan fingerprint density at radius 3 is 3.09 bits per heavy atom. The molecular formula is C16H20N4O2. The van der Waals surface area contributed by atoms with Gasteiger partial charge in [0, 0.05) is 23.9 Å². The van der Waals surface area contributed by atoms with Gasteiger partial charge in [0.15, 0.2) is 0 Å². The van der Waals surface area contributed by atoms with E-state index in [-0.39, 0.29) is 12.0 Å². The Bertz CT molecular complexity index is 703. The first-order valence-corrected chi connectivity index (χ1v) is 7.64. The lowest BCUT2D eigenvalue weighted by atomic mass is 10.2. The number of hydrogen-bond acceptors (Lipinski definition) is 4. The predicted molar refractivity (Wildman–Crippen MR) is 84.5 cm³/mol. The van der Waals surface area contributed by atoms with Crippen molar-refractivity contribution in [3.8, 4) is 5.88 Å². The summed E-state index contributed by atoms with van der Waals surface area (Å²) in [6.07, 6.45) is 9.71. The average Bonchev–Trinajstić information content (AvgIpc) is 3.22. The van der Waals surface area contributed by atoms with E-state index in [1.54, 1.807) is 12.2 Å². The number of aromatic nitrogens is 3.